The summed E-state index contributed by atoms with van der Waals surface area (Å²) in [5.41, 5.74) is 3.98. The van der Waals surface area contributed by atoms with Gasteiger partial charge in [-0.15, -0.1) is 0 Å². The second-order valence-electron chi connectivity index (χ2n) is 7.11. The SMILES string of the molecule is CCOC(=O)c1ccc2c(c1)C1C=CCC1C(c1ccc(OC)c(OC)c1)N2. The van der Waals surface area contributed by atoms with Crippen molar-refractivity contribution in [1.82, 2.24) is 0 Å². The fourth-order valence-electron chi connectivity index (χ4n) is 4.31. The molecule has 0 bridgehead atoms. The second kappa shape index (κ2) is 7.58. The highest BCUT2D eigenvalue weighted by atomic mass is 16.5. The summed E-state index contributed by atoms with van der Waals surface area (Å²) >= 11 is 0. The van der Waals surface area contributed by atoms with E-state index in [2.05, 4.69) is 23.5 Å². The molecule has 3 atom stereocenters. The Morgan fingerprint density at radius 2 is 1.93 bits per heavy atom. The molecule has 28 heavy (non-hydrogen) atoms. The molecule has 4 rings (SSSR count). The van der Waals surface area contributed by atoms with Crippen LogP contribution in [0.25, 0.3) is 0 Å². The predicted octanol–water partition coefficient (Wildman–Crippen LogP) is 4.71. The molecule has 0 saturated carbocycles. The van der Waals surface area contributed by atoms with Crippen molar-refractivity contribution in [3.05, 3.63) is 65.2 Å². The maximum Gasteiger partial charge on any atom is 0.338 e. The van der Waals surface area contributed by atoms with E-state index in [9.17, 15) is 4.79 Å². The molecular weight excluding hydrogens is 354 g/mol. The second-order valence-corrected chi connectivity index (χ2v) is 7.11. The molecule has 2 aromatic carbocycles. The van der Waals surface area contributed by atoms with Crippen LogP contribution < -0.4 is 14.8 Å². The Morgan fingerprint density at radius 3 is 2.68 bits per heavy atom. The summed E-state index contributed by atoms with van der Waals surface area (Å²) < 4.78 is 16.0. The Morgan fingerprint density at radius 1 is 1.11 bits per heavy atom. The van der Waals surface area contributed by atoms with Gasteiger partial charge in [-0.25, -0.2) is 4.79 Å². The molecule has 5 heteroatoms. The van der Waals surface area contributed by atoms with Gasteiger partial charge in [-0.05, 0) is 60.7 Å². The van der Waals surface area contributed by atoms with E-state index < -0.39 is 0 Å². The van der Waals surface area contributed by atoms with E-state index in [1.807, 2.05) is 37.3 Å². The number of carbonyl (C=O) groups excluding carboxylic acids is 1. The highest BCUT2D eigenvalue weighted by molar-refractivity contribution is 5.90. The molecule has 2 aromatic rings. The van der Waals surface area contributed by atoms with E-state index in [1.165, 1.54) is 0 Å². The average molecular weight is 379 g/mol. The molecule has 0 amide bonds. The first-order valence-electron chi connectivity index (χ1n) is 9.62. The van der Waals surface area contributed by atoms with Crippen molar-refractivity contribution in [3.8, 4) is 11.5 Å². The molecule has 1 heterocycles. The molecule has 1 aliphatic heterocycles. The van der Waals surface area contributed by atoms with Gasteiger partial charge in [0.2, 0.25) is 0 Å². The predicted molar refractivity (Wildman–Crippen MR) is 108 cm³/mol. The fraction of sp³-hybridized carbons (Fsp3) is 0.348. The number of methoxy groups -OCH3 is 2. The molecule has 3 unspecified atom stereocenters. The van der Waals surface area contributed by atoms with Crippen LogP contribution in [0.5, 0.6) is 11.5 Å². The smallest absolute Gasteiger partial charge is 0.338 e. The van der Waals surface area contributed by atoms with Gasteiger partial charge >= 0.3 is 5.97 Å². The molecule has 2 aliphatic rings. The first-order chi connectivity index (χ1) is 13.7. The van der Waals surface area contributed by atoms with Gasteiger partial charge < -0.3 is 19.5 Å². The molecule has 0 spiro atoms. The van der Waals surface area contributed by atoms with Crippen molar-refractivity contribution >= 4 is 11.7 Å². The van der Waals surface area contributed by atoms with Crippen LogP contribution in [0.3, 0.4) is 0 Å². The van der Waals surface area contributed by atoms with Crippen LogP contribution in [0.15, 0.2) is 48.6 Å². The van der Waals surface area contributed by atoms with Gasteiger partial charge in [0.25, 0.3) is 0 Å². The quantitative estimate of drug-likeness (QED) is 0.602. The number of rotatable bonds is 5. The minimum atomic E-state index is -0.272. The Kier molecular flexibility index (Phi) is 4.99. The topological polar surface area (TPSA) is 56.8 Å². The molecule has 0 aromatic heterocycles. The number of nitrogens with one attached hydrogen (secondary N) is 1. The summed E-state index contributed by atoms with van der Waals surface area (Å²) in [7, 11) is 3.30. The molecule has 1 N–H and O–H groups in total. The molecule has 0 radical (unpaired) electrons. The Bertz CT molecular complexity index is 921. The molecule has 1 aliphatic carbocycles. The van der Waals surface area contributed by atoms with Crippen LogP contribution in [-0.2, 0) is 4.74 Å². The highest BCUT2D eigenvalue weighted by Crippen LogP contribution is 2.50. The number of carbonyl (C=O) groups is 1. The Balaban J connectivity index is 1.70. The van der Waals surface area contributed by atoms with Crippen molar-refractivity contribution in [3.63, 3.8) is 0 Å². The van der Waals surface area contributed by atoms with Gasteiger partial charge in [0.15, 0.2) is 11.5 Å². The lowest BCUT2D eigenvalue weighted by Gasteiger charge is -2.37. The number of esters is 1. The number of hydrogen-bond acceptors (Lipinski definition) is 5. The molecule has 5 nitrogen and oxygen atoms in total. The molecule has 146 valence electrons. The number of allylic oxidation sites excluding steroid dienone is 2. The number of fused-ring (bicyclic) bond motifs is 3. The van der Waals surface area contributed by atoms with E-state index >= 15 is 0 Å². The minimum Gasteiger partial charge on any atom is -0.493 e. The summed E-state index contributed by atoms with van der Waals surface area (Å²) in [6, 6.07) is 12.0. The fourth-order valence-corrected chi connectivity index (χ4v) is 4.31. The van der Waals surface area contributed by atoms with Gasteiger partial charge in [-0.1, -0.05) is 18.2 Å². The van der Waals surface area contributed by atoms with Crippen LogP contribution in [-0.4, -0.2) is 26.8 Å². The van der Waals surface area contributed by atoms with E-state index in [-0.39, 0.29) is 17.9 Å². The largest absolute Gasteiger partial charge is 0.493 e. The number of anilines is 1. The minimum absolute atomic E-state index is 0.153. The van der Waals surface area contributed by atoms with E-state index in [1.54, 1.807) is 14.2 Å². The van der Waals surface area contributed by atoms with E-state index in [0.29, 0.717) is 18.1 Å². The third-order valence-corrected chi connectivity index (χ3v) is 5.64. The normalized spacial score (nSPS) is 22.0. The Hall–Kier alpha value is -2.95. The maximum absolute atomic E-state index is 12.2. The molecule has 0 fully saturated rings. The maximum atomic E-state index is 12.2. The van der Waals surface area contributed by atoms with Crippen molar-refractivity contribution in [2.75, 3.05) is 26.1 Å². The molecule has 0 saturated heterocycles. The van der Waals surface area contributed by atoms with Crippen LogP contribution in [0.4, 0.5) is 5.69 Å². The zero-order chi connectivity index (χ0) is 19.7. The zero-order valence-electron chi connectivity index (χ0n) is 16.4. The first-order valence-corrected chi connectivity index (χ1v) is 9.62. The van der Waals surface area contributed by atoms with Gasteiger partial charge in [0, 0.05) is 11.6 Å². The van der Waals surface area contributed by atoms with Crippen LogP contribution in [0, 0.1) is 5.92 Å². The van der Waals surface area contributed by atoms with Crippen LogP contribution in [0.1, 0.15) is 46.8 Å². The lowest BCUT2D eigenvalue weighted by Crippen LogP contribution is -2.29. The Labute approximate surface area is 165 Å². The third kappa shape index (κ3) is 3.11. The van der Waals surface area contributed by atoms with Crippen molar-refractivity contribution < 1.29 is 19.0 Å². The lowest BCUT2D eigenvalue weighted by atomic mass is 9.76. The number of ether oxygens (including phenoxy) is 3. The van der Waals surface area contributed by atoms with Crippen molar-refractivity contribution in [2.45, 2.75) is 25.3 Å². The van der Waals surface area contributed by atoms with E-state index in [0.717, 1.165) is 34.7 Å². The van der Waals surface area contributed by atoms with Gasteiger partial charge in [-0.2, -0.15) is 0 Å². The summed E-state index contributed by atoms with van der Waals surface area (Å²) in [6.07, 6.45) is 5.48. The van der Waals surface area contributed by atoms with Gasteiger partial charge in [0.1, 0.15) is 0 Å². The van der Waals surface area contributed by atoms with Gasteiger partial charge in [-0.3, -0.25) is 0 Å². The highest BCUT2D eigenvalue weighted by Gasteiger charge is 2.38. The number of hydrogen-bond donors (Lipinski definition) is 1. The summed E-state index contributed by atoms with van der Waals surface area (Å²) in [4.78, 5) is 12.2. The average Bonchev–Trinajstić information content (AvgIpc) is 3.22. The van der Waals surface area contributed by atoms with Crippen molar-refractivity contribution in [1.29, 1.82) is 0 Å². The number of benzene rings is 2. The van der Waals surface area contributed by atoms with Gasteiger partial charge in [0.05, 0.1) is 32.4 Å². The standard InChI is InChI=1S/C23H25NO4/c1-4-28-23(25)15-8-10-19-18(12-15)16-6-5-7-17(16)22(24-19)14-9-11-20(26-2)21(13-14)27-3/h5-6,8-13,16-17,22,24H,4,7H2,1-3H3. The third-order valence-electron chi connectivity index (χ3n) is 5.64. The summed E-state index contributed by atoms with van der Waals surface area (Å²) in [6.45, 7) is 2.20. The summed E-state index contributed by atoms with van der Waals surface area (Å²) in [5.74, 6) is 1.83. The van der Waals surface area contributed by atoms with Crippen LogP contribution in [0.2, 0.25) is 0 Å². The molecular formula is C23H25NO4. The zero-order valence-corrected chi connectivity index (χ0v) is 16.4. The first kappa shape index (κ1) is 18.4. The monoisotopic (exact) mass is 379 g/mol. The van der Waals surface area contributed by atoms with E-state index in [4.69, 9.17) is 14.2 Å². The van der Waals surface area contributed by atoms with Crippen LogP contribution >= 0.6 is 0 Å². The summed E-state index contributed by atoms with van der Waals surface area (Å²) in [5, 5.41) is 3.68. The van der Waals surface area contributed by atoms with Crippen molar-refractivity contribution in [2.24, 2.45) is 5.92 Å². The lowest BCUT2D eigenvalue weighted by molar-refractivity contribution is 0.0526.